The van der Waals surface area contributed by atoms with Crippen molar-refractivity contribution in [2.24, 2.45) is 4.99 Å². The molecule has 1 fully saturated rings. The van der Waals surface area contributed by atoms with E-state index in [1.165, 1.54) is 18.5 Å². The lowest BCUT2D eigenvalue weighted by molar-refractivity contribution is -0.137. The number of nitrogens with zero attached hydrogens (tertiary/aromatic N) is 5. The topological polar surface area (TPSA) is 84.5 Å². The van der Waals surface area contributed by atoms with Crippen molar-refractivity contribution in [3.63, 3.8) is 0 Å². The number of pyridine rings is 2. The largest absolute Gasteiger partial charge is 0.444 e. The molecule has 1 aliphatic heterocycles. The average Bonchev–Trinajstić information content (AvgIpc) is 3.29. The summed E-state index contributed by atoms with van der Waals surface area (Å²) in [7, 11) is 0. The summed E-state index contributed by atoms with van der Waals surface area (Å²) in [5.41, 5.74) is 1.23. The van der Waals surface area contributed by atoms with E-state index >= 15 is 0 Å². The van der Waals surface area contributed by atoms with Crippen LogP contribution in [-0.2, 0) is 6.18 Å². The maximum Gasteiger partial charge on any atom is 0.417 e. The highest BCUT2D eigenvalue weighted by Gasteiger charge is 2.32. The van der Waals surface area contributed by atoms with Crippen LogP contribution in [0.1, 0.15) is 41.5 Å². The molecule has 1 amide bonds. The summed E-state index contributed by atoms with van der Waals surface area (Å²) in [4.78, 5) is 31.9. The van der Waals surface area contributed by atoms with Crippen molar-refractivity contribution in [3.05, 3.63) is 59.9 Å². The molecule has 0 aliphatic carbocycles. The van der Waals surface area contributed by atoms with Crippen molar-refractivity contribution in [2.45, 2.75) is 38.9 Å². The highest BCUT2D eigenvalue weighted by atomic mass is 19.4. The molecule has 1 aliphatic rings. The van der Waals surface area contributed by atoms with E-state index in [2.05, 4.69) is 19.9 Å². The van der Waals surface area contributed by atoms with Gasteiger partial charge < -0.3 is 9.32 Å². The van der Waals surface area contributed by atoms with E-state index < -0.39 is 11.7 Å². The predicted octanol–water partition coefficient (Wildman–Crippen LogP) is 4.86. The fraction of sp³-hybridized carbons (Fsp3) is 0.318. The van der Waals surface area contributed by atoms with Gasteiger partial charge in [-0.2, -0.15) is 13.2 Å². The quantitative estimate of drug-likeness (QED) is 0.577. The fourth-order valence-corrected chi connectivity index (χ4v) is 3.59. The Balaban J connectivity index is 1.61. The fourth-order valence-electron chi connectivity index (χ4n) is 3.59. The van der Waals surface area contributed by atoms with Crippen LogP contribution in [0.4, 0.5) is 19.0 Å². The minimum atomic E-state index is -4.46. The number of aliphatic imine (C=N–C) groups is 1. The molecule has 1 saturated heterocycles. The number of alkyl halides is 3. The first-order valence-electron chi connectivity index (χ1n) is 10.0. The first kappa shape index (κ1) is 21.7. The summed E-state index contributed by atoms with van der Waals surface area (Å²) in [6, 6.07) is 5.32. The van der Waals surface area contributed by atoms with Crippen molar-refractivity contribution in [2.75, 3.05) is 6.54 Å². The third kappa shape index (κ3) is 4.39. The van der Waals surface area contributed by atoms with Crippen LogP contribution in [0, 0.1) is 6.92 Å². The molecule has 4 heterocycles. The summed E-state index contributed by atoms with van der Waals surface area (Å²) in [6.45, 7) is 4.12. The number of hydrogen-bond donors (Lipinski definition) is 0. The molecule has 32 heavy (non-hydrogen) atoms. The molecule has 0 radical (unpaired) electrons. The van der Waals surface area contributed by atoms with Crippen LogP contribution in [0.2, 0.25) is 0 Å². The van der Waals surface area contributed by atoms with Crippen molar-refractivity contribution in [3.8, 4) is 11.5 Å². The molecule has 3 aromatic rings. The summed E-state index contributed by atoms with van der Waals surface area (Å²) in [6.07, 6.45) is 0.497. The molecule has 166 valence electrons. The molecule has 0 saturated carbocycles. The van der Waals surface area contributed by atoms with Gasteiger partial charge in [0.2, 0.25) is 5.89 Å². The van der Waals surface area contributed by atoms with Gasteiger partial charge in [0, 0.05) is 24.1 Å². The van der Waals surface area contributed by atoms with Crippen LogP contribution >= 0.6 is 0 Å². The SMILES string of the molecule is Cc1ccc(-c2ncco2)c(C(=O)N2CCCC(=Nc3ccc(C(F)(F)F)cn3)[C@@H]2C)n1. The molecule has 10 heteroatoms. The standard InChI is InChI=1S/C22H20F3N5O2/c1-13-5-7-16(20-26-9-11-32-20)19(28-13)21(31)30-10-3-4-17(14(30)2)29-18-8-6-15(12-27-18)22(23,24)25/h5-9,11-12,14H,3-4,10H2,1-2H3/t14-/m0/s1. The molecule has 7 nitrogen and oxygen atoms in total. The monoisotopic (exact) mass is 443 g/mol. The number of aromatic nitrogens is 3. The van der Waals surface area contributed by atoms with Crippen molar-refractivity contribution >= 4 is 17.4 Å². The second kappa shape index (κ2) is 8.52. The third-order valence-corrected chi connectivity index (χ3v) is 5.28. The van der Waals surface area contributed by atoms with Gasteiger partial charge in [-0.3, -0.25) is 4.79 Å². The summed E-state index contributed by atoms with van der Waals surface area (Å²) in [5.74, 6) is 0.179. The number of aryl methyl sites for hydroxylation is 1. The second-order valence-electron chi connectivity index (χ2n) is 7.47. The minimum absolute atomic E-state index is 0.170. The number of likely N-dealkylation sites (tertiary alicyclic amines) is 1. The Bertz CT molecular complexity index is 1140. The van der Waals surface area contributed by atoms with Crippen molar-refractivity contribution in [1.29, 1.82) is 0 Å². The zero-order valence-corrected chi connectivity index (χ0v) is 17.4. The Morgan fingerprint density at radius 3 is 2.69 bits per heavy atom. The van der Waals surface area contributed by atoms with Gasteiger partial charge in [-0.25, -0.2) is 19.9 Å². The zero-order chi connectivity index (χ0) is 22.9. The highest BCUT2D eigenvalue weighted by Crippen LogP contribution is 2.30. The second-order valence-corrected chi connectivity index (χ2v) is 7.47. The summed E-state index contributed by atoms with van der Waals surface area (Å²) < 4.78 is 43.7. The van der Waals surface area contributed by atoms with Crippen LogP contribution in [0.15, 0.2) is 52.3 Å². The van der Waals surface area contributed by atoms with Gasteiger partial charge in [0.15, 0.2) is 5.82 Å². The maximum absolute atomic E-state index is 13.4. The summed E-state index contributed by atoms with van der Waals surface area (Å²) in [5, 5.41) is 0. The molecule has 3 aromatic heterocycles. The Morgan fingerprint density at radius 2 is 2.03 bits per heavy atom. The van der Waals surface area contributed by atoms with Crippen LogP contribution in [-0.4, -0.2) is 44.1 Å². The minimum Gasteiger partial charge on any atom is -0.444 e. The third-order valence-electron chi connectivity index (χ3n) is 5.28. The highest BCUT2D eigenvalue weighted by molar-refractivity contribution is 6.02. The Morgan fingerprint density at radius 1 is 1.22 bits per heavy atom. The van der Waals surface area contributed by atoms with Gasteiger partial charge in [-0.1, -0.05) is 0 Å². The number of piperidine rings is 1. The van der Waals surface area contributed by atoms with Gasteiger partial charge in [-0.05, 0) is 51.0 Å². The molecular weight excluding hydrogens is 423 g/mol. The molecule has 0 unspecified atom stereocenters. The van der Waals surface area contributed by atoms with Crippen molar-refractivity contribution in [1.82, 2.24) is 19.9 Å². The first-order valence-corrected chi connectivity index (χ1v) is 10.0. The molecule has 0 aromatic carbocycles. The number of carbonyl (C=O) groups excluding carboxylic acids is 1. The summed E-state index contributed by atoms with van der Waals surface area (Å²) >= 11 is 0. The van der Waals surface area contributed by atoms with Gasteiger partial charge in [-0.15, -0.1) is 0 Å². The molecule has 4 rings (SSSR count). The average molecular weight is 443 g/mol. The molecule has 0 bridgehead atoms. The molecule has 0 spiro atoms. The number of halogens is 3. The van der Waals surface area contributed by atoms with Gasteiger partial charge in [0.05, 0.1) is 23.4 Å². The van der Waals surface area contributed by atoms with E-state index in [1.807, 2.05) is 6.92 Å². The lowest BCUT2D eigenvalue weighted by atomic mass is 9.99. The number of carbonyl (C=O) groups is 1. The predicted molar refractivity (Wildman–Crippen MR) is 111 cm³/mol. The lowest BCUT2D eigenvalue weighted by Gasteiger charge is -2.34. The smallest absolute Gasteiger partial charge is 0.417 e. The Hall–Kier alpha value is -3.56. The lowest BCUT2D eigenvalue weighted by Crippen LogP contribution is -2.47. The Labute approximate surface area is 182 Å². The number of rotatable bonds is 3. The van der Waals surface area contributed by atoms with Gasteiger partial charge in [0.25, 0.3) is 5.91 Å². The van der Waals surface area contributed by atoms with E-state index in [4.69, 9.17) is 4.42 Å². The van der Waals surface area contributed by atoms with Crippen molar-refractivity contribution < 1.29 is 22.4 Å². The first-order chi connectivity index (χ1) is 15.2. The number of oxazole rings is 1. The molecule has 1 atom stereocenters. The number of amides is 1. The van der Waals surface area contributed by atoms with E-state index in [9.17, 15) is 18.0 Å². The van der Waals surface area contributed by atoms with Gasteiger partial charge in [0.1, 0.15) is 12.0 Å². The van der Waals surface area contributed by atoms with E-state index in [-0.39, 0.29) is 23.5 Å². The maximum atomic E-state index is 13.4. The van der Waals surface area contributed by atoms with Crippen LogP contribution in [0.5, 0.6) is 0 Å². The molecule has 0 N–H and O–H groups in total. The zero-order valence-electron chi connectivity index (χ0n) is 17.4. The number of hydrogen-bond acceptors (Lipinski definition) is 6. The van der Waals surface area contributed by atoms with E-state index in [0.717, 1.165) is 12.3 Å². The molecular formula is C22H20F3N5O2. The van der Waals surface area contributed by atoms with E-state index in [1.54, 1.807) is 24.0 Å². The Kier molecular flexibility index (Phi) is 5.77. The van der Waals surface area contributed by atoms with Gasteiger partial charge >= 0.3 is 6.18 Å². The van der Waals surface area contributed by atoms with Crippen LogP contribution in [0.25, 0.3) is 11.5 Å². The van der Waals surface area contributed by atoms with Crippen LogP contribution in [0.3, 0.4) is 0 Å². The normalized spacial score (nSPS) is 18.2. The van der Waals surface area contributed by atoms with Crippen LogP contribution < -0.4 is 0 Å². The van der Waals surface area contributed by atoms with E-state index in [0.29, 0.717) is 42.2 Å².